The molecule has 0 bridgehead atoms. The van der Waals surface area contributed by atoms with E-state index in [1.807, 2.05) is 11.9 Å². The van der Waals surface area contributed by atoms with E-state index in [2.05, 4.69) is 24.4 Å². The fraction of sp³-hybridized carbons (Fsp3) is 1.00. The van der Waals surface area contributed by atoms with Crippen molar-refractivity contribution in [3.05, 3.63) is 0 Å². The highest BCUT2D eigenvalue weighted by Gasteiger charge is 2.21. The van der Waals surface area contributed by atoms with Gasteiger partial charge in [-0.3, -0.25) is 0 Å². The molecule has 1 aliphatic carbocycles. The average molecular weight is 173 g/mol. The Balaban J connectivity index is 2.19. The van der Waals surface area contributed by atoms with E-state index in [1.54, 1.807) is 0 Å². The largest absolute Gasteiger partial charge is 0.248 e. The lowest BCUT2D eigenvalue weighted by atomic mass is 9.85. The van der Waals surface area contributed by atoms with Crippen molar-refractivity contribution in [1.82, 2.24) is 4.31 Å². The average Bonchev–Trinajstić information content (AvgIpc) is 1.85. The lowest BCUT2D eigenvalue weighted by Gasteiger charge is -2.33. The van der Waals surface area contributed by atoms with Crippen LogP contribution >= 0.6 is 11.9 Å². The van der Waals surface area contributed by atoms with Crippen LogP contribution in [0.5, 0.6) is 0 Å². The number of nitrogens with zero attached hydrogens (tertiary/aromatic N) is 1. The van der Waals surface area contributed by atoms with E-state index < -0.39 is 0 Å². The molecule has 0 radical (unpaired) electrons. The van der Waals surface area contributed by atoms with Gasteiger partial charge in [0.25, 0.3) is 0 Å². The van der Waals surface area contributed by atoms with E-state index in [-0.39, 0.29) is 0 Å². The summed E-state index contributed by atoms with van der Waals surface area (Å²) < 4.78 is 2.49. The second-order valence-corrected chi connectivity index (χ2v) is 4.51. The molecule has 1 saturated carbocycles. The zero-order valence-electron chi connectivity index (χ0n) is 7.84. The Hall–Kier alpha value is 0.310. The van der Waals surface area contributed by atoms with Gasteiger partial charge in [-0.25, -0.2) is 4.31 Å². The van der Waals surface area contributed by atoms with E-state index in [9.17, 15) is 0 Å². The highest BCUT2D eigenvalue weighted by molar-refractivity contribution is 7.96. The monoisotopic (exact) mass is 173 g/mol. The van der Waals surface area contributed by atoms with Crippen molar-refractivity contribution in [2.75, 3.05) is 12.8 Å². The van der Waals surface area contributed by atoms with Crippen LogP contribution in [0, 0.1) is 5.92 Å². The van der Waals surface area contributed by atoms with Gasteiger partial charge in [-0.15, -0.1) is 0 Å². The van der Waals surface area contributed by atoms with Gasteiger partial charge in [-0.1, -0.05) is 18.4 Å². The highest BCUT2D eigenvalue weighted by Crippen LogP contribution is 2.29. The van der Waals surface area contributed by atoms with Gasteiger partial charge in [0.1, 0.15) is 0 Å². The molecule has 2 heteroatoms. The van der Waals surface area contributed by atoms with Crippen LogP contribution in [0.15, 0.2) is 0 Å². The Kier molecular flexibility index (Phi) is 3.73. The van der Waals surface area contributed by atoms with Crippen LogP contribution in [-0.4, -0.2) is 23.1 Å². The summed E-state index contributed by atoms with van der Waals surface area (Å²) in [5.41, 5.74) is 0. The SMILES string of the molecule is CSN(CC1CCC1)C(C)C. The quantitative estimate of drug-likeness (QED) is 0.601. The van der Waals surface area contributed by atoms with Crippen molar-refractivity contribution in [1.29, 1.82) is 0 Å². The Morgan fingerprint density at radius 3 is 2.36 bits per heavy atom. The molecule has 0 aromatic rings. The molecule has 0 unspecified atom stereocenters. The van der Waals surface area contributed by atoms with Crippen molar-refractivity contribution >= 4 is 11.9 Å². The molecule has 1 aliphatic rings. The van der Waals surface area contributed by atoms with Gasteiger partial charge >= 0.3 is 0 Å². The van der Waals surface area contributed by atoms with E-state index >= 15 is 0 Å². The van der Waals surface area contributed by atoms with Crippen LogP contribution in [-0.2, 0) is 0 Å². The molecular weight excluding hydrogens is 154 g/mol. The summed E-state index contributed by atoms with van der Waals surface area (Å²) in [4.78, 5) is 0. The first-order valence-electron chi connectivity index (χ1n) is 4.54. The van der Waals surface area contributed by atoms with Crippen molar-refractivity contribution in [3.63, 3.8) is 0 Å². The summed E-state index contributed by atoms with van der Waals surface area (Å²) in [6.07, 6.45) is 6.57. The van der Waals surface area contributed by atoms with Crippen LogP contribution in [0.4, 0.5) is 0 Å². The minimum atomic E-state index is 0.700. The van der Waals surface area contributed by atoms with Gasteiger partial charge in [0.2, 0.25) is 0 Å². The maximum Gasteiger partial charge on any atom is 0.0146 e. The lowest BCUT2D eigenvalue weighted by molar-refractivity contribution is 0.237. The summed E-state index contributed by atoms with van der Waals surface area (Å²) in [6, 6.07) is 0.700. The van der Waals surface area contributed by atoms with Crippen LogP contribution in [0.3, 0.4) is 0 Å². The van der Waals surface area contributed by atoms with Crippen molar-refractivity contribution in [2.45, 2.75) is 39.2 Å². The zero-order valence-corrected chi connectivity index (χ0v) is 8.66. The highest BCUT2D eigenvalue weighted by atomic mass is 32.2. The molecular formula is C9H19NS. The Morgan fingerprint density at radius 1 is 1.45 bits per heavy atom. The first-order chi connectivity index (χ1) is 5.24. The number of hydrogen-bond acceptors (Lipinski definition) is 2. The smallest absolute Gasteiger partial charge is 0.0146 e. The normalized spacial score (nSPS) is 19.4. The van der Waals surface area contributed by atoms with Crippen LogP contribution in [0.2, 0.25) is 0 Å². The van der Waals surface area contributed by atoms with Crippen LogP contribution in [0.25, 0.3) is 0 Å². The predicted molar refractivity (Wildman–Crippen MR) is 52.7 cm³/mol. The summed E-state index contributed by atoms with van der Waals surface area (Å²) in [5, 5.41) is 0. The van der Waals surface area contributed by atoms with E-state index in [0.717, 1.165) is 5.92 Å². The predicted octanol–water partition coefficient (Wildman–Crippen LogP) is 2.77. The van der Waals surface area contributed by atoms with Crippen molar-refractivity contribution in [2.24, 2.45) is 5.92 Å². The summed E-state index contributed by atoms with van der Waals surface area (Å²) in [7, 11) is 0. The topological polar surface area (TPSA) is 3.24 Å². The van der Waals surface area contributed by atoms with Gasteiger partial charge in [-0.2, -0.15) is 0 Å². The zero-order chi connectivity index (χ0) is 8.27. The molecule has 66 valence electrons. The summed E-state index contributed by atoms with van der Waals surface area (Å²) in [6.45, 7) is 5.85. The first kappa shape index (κ1) is 9.40. The van der Waals surface area contributed by atoms with Gasteiger partial charge < -0.3 is 0 Å². The second-order valence-electron chi connectivity index (χ2n) is 3.67. The van der Waals surface area contributed by atoms with Gasteiger partial charge in [0, 0.05) is 12.6 Å². The molecule has 11 heavy (non-hydrogen) atoms. The maximum atomic E-state index is 2.49. The van der Waals surface area contributed by atoms with E-state index in [4.69, 9.17) is 0 Å². The van der Waals surface area contributed by atoms with Gasteiger partial charge in [-0.05, 0) is 38.9 Å². The molecule has 0 spiro atoms. The second kappa shape index (κ2) is 4.36. The lowest BCUT2D eigenvalue weighted by Crippen LogP contribution is -2.32. The summed E-state index contributed by atoms with van der Waals surface area (Å²) >= 11 is 1.89. The Morgan fingerprint density at radius 2 is 2.09 bits per heavy atom. The molecule has 1 fully saturated rings. The molecule has 0 aromatic heterocycles. The Labute approximate surface area is 74.7 Å². The standard InChI is InChI=1S/C9H19NS/c1-8(2)10(11-3)7-9-5-4-6-9/h8-9H,4-7H2,1-3H3. The van der Waals surface area contributed by atoms with E-state index in [0.29, 0.717) is 6.04 Å². The minimum Gasteiger partial charge on any atom is -0.248 e. The molecule has 0 N–H and O–H groups in total. The fourth-order valence-corrected chi connectivity index (χ4v) is 2.21. The van der Waals surface area contributed by atoms with Crippen molar-refractivity contribution in [3.8, 4) is 0 Å². The molecule has 0 heterocycles. The molecule has 1 rings (SSSR count). The van der Waals surface area contributed by atoms with Gasteiger partial charge in [0.05, 0.1) is 0 Å². The number of hydrogen-bond donors (Lipinski definition) is 0. The molecule has 0 saturated heterocycles. The first-order valence-corrected chi connectivity index (χ1v) is 5.73. The molecule has 0 atom stereocenters. The number of rotatable bonds is 4. The fourth-order valence-electron chi connectivity index (χ4n) is 1.43. The van der Waals surface area contributed by atoms with Crippen molar-refractivity contribution < 1.29 is 0 Å². The third kappa shape index (κ3) is 2.68. The van der Waals surface area contributed by atoms with Gasteiger partial charge in [0.15, 0.2) is 0 Å². The van der Waals surface area contributed by atoms with Crippen LogP contribution in [0.1, 0.15) is 33.1 Å². The maximum absolute atomic E-state index is 2.49. The van der Waals surface area contributed by atoms with E-state index in [1.165, 1.54) is 25.8 Å². The Bertz CT molecular complexity index is 110. The summed E-state index contributed by atoms with van der Waals surface area (Å²) in [5.74, 6) is 1.00. The molecule has 1 nitrogen and oxygen atoms in total. The molecule has 0 aromatic carbocycles. The molecule has 0 aliphatic heterocycles. The van der Waals surface area contributed by atoms with Crippen LogP contribution < -0.4 is 0 Å². The third-order valence-corrected chi connectivity index (χ3v) is 3.51. The molecule has 0 amide bonds. The minimum absolute atomic E-state index is 0.700. The third-order valence-electron chi connectivity index (χ3n) is 2.47.